The number of aromatic amines is 1. The van der Waals surface area contributed by atoms with Crippen molar-refractivity contribution in [3.63, 3.8) is 0 Å². The van der Waals surface area contributed by atoms with Crippen LogP contribution in [-0.2, 0) is 38.3 Å². The Morgan fingerprint density at radius 2 is 1.89 bits per heavy atom. The summed E-state index contributed by atoms with van der Waals surface area (Å²) >= 11 is 0. The zero-order chi connectivity index (χ0) is 26.8. The van der Waals surface area contributed by atoms with Gasteiger partial charge in [-0.3, -0.25) is 19.4 Å². The van der Waals surface area contributed by atoms with Gasteiger partial charge in [0.1, 0.15) is 6.04 Å². The fourth-order valence-corrected chi connectivity index (χ4v) is 4.61. The zero-order valence-corrected chi connectivity index (χ0v) is 21.5. The van der Waals surface area contributed by atoms with Gasteiger partial charge in [-0.2, -0.15) is 0 Å². The van der Waals surface area contributed by atoms with E-state index in [2.05, 4.69) is 15.3 Å². The van der Waals surface area contributed by atoms with Gasteiger partial charge in [-0.1, -0.05) is 12.1 Å². The van der Waals surface area contributed by atoms with Crippen molar-refractivity contribution in [1.29, 1.82) is 0 Å². The number of nitrogens with two attached hydrogens (primary N) is 1. The van der Waals surface area contributed by atoms with E-state index < -0.39 is 23.9 Å². The predicted octanol–water partition coefficient (Wildman–Crippen LogP) is 2.48. The van der Waals surface area contributed by atoms with Crippen LogP contribution in [0.25, 0.3) is 0 Å². The Morgan fingerprint density at radius 3 is 2.59 bits per heavy atom. The van der Waals surface area contributed by atoms with Gasteiger partial charge in [0.2, 0.25) is 5.95 Å². The second kappa shape index (κ2) is 13.6. The van der Waals surface area contributed by atoms with Gasteiger partial charge in [0.05, 0.1) is 18.9 Å². The number of ether oxygens (including phenoxy) is 2. The lowest BCUT2D eigenvalue weighted by Crippen LogP contribution is -2.42. The summed E-state index contributed by atoms with van der Waals surface area (Å²) in [6.07, 6.45) is 5.38. The lowest BCUT2D eigenvalue weighted by Gasteiger charge is -2.23. The third-order valence-corrected chi connectivity index (χ3v) is 6.51. The topological polar surface area (TPSA) is 153 Å². The summed E-state index contributed by atoms with van der Waals surface area (Å²) in [5.41, 5.74) is 8.61. The van der Waals surface area contributed by atoms with E-state index in [1.165, 1.54) is 0 Å². The van der Waals surface area contributed by atoms with Crippen LogP contribution >= 0.6 is 0 Å². The number of aromatic nitrogens is 2. The summed E-state index contributed by atoms with van der Waals surface area (Å²) in [5, 5.41) is 2.67. The van der Waals surface area contributed by atoms with Crippen LogP contribution in [0.2, 0.25) is 0 Å². The molecule has 0 saturated heterocycles. The molecule has 0 aliphatic heterocycles. The fraction of sp³-hybridized carbons (Fsp3) is 0.519. The number of benzene rings is 1. The molecule has 0 radical (unpaired) electrons. The highest BCUT2D eigenvalue weighted by molar-refractivity contribution is 5.96. The van der Waals surface area contributed by atoms with Crippen LogP contribution in [0.15, 0.2) is 29.1 Å². The second-order valence-corrected chi connectivity index (χ2v) is 9.20. The number of carbonyl (C=O) groups is 3. The Labute approximate surface area is 216 Å². The first-order chi connectivity index (χ1) is 17.8. The standard InChI is InChI=1S/C27H36N4O6/c1-3-36-23(32)15-14-22(26(35)37-4-2)29-24(33)19-11-8-17(9-12-19)6-5-7-18-10-13-21-20(16-18)25(34)31-27(28)30-21/h8-9,11-12,18,22H,3-7,10,13-16H2,1-2H3,(H,29,33)(H3,28,30,31,34)/t18?,22-/m0/s1. The highest BCUT2D eigenvalue weighted by Crippen LogP contribution is 2.26. The average molecular weight is 513 g/mol. The lowest BCUT2D eigenvalue weighted by atomic mass is 9.83. The quantitative estimate of drug-likeness (QED) is 0.367. The van der Waals surface area contributed by atoms with Gasteiger partial charge in [0.15, 0.2) is 0 Å². The minimum absolute atomic E-state index is 0.00206. The first-order valence-corrected chi connectivity index (χ1v) is 12.9. The van der Waals surface area contributed by atoms with Crippen LogP contribution in [0.3, 0.4) is 0 Å². The molecule has 0 spiro atoms. The molecule has 1 aliphatic carbocycles. The molecule has 1 aromatic carbocycles. The molecule has 0 bridgehead atoms. The van der Waals surface area contributed by atoms with Crippen molar-refractivity contribution >= 4 is 23.8 Å². The van der Waals surface area contributed by atoms with Crippen molar-refractivity contribution in [2.24, 2.45) is 5.92 Å². The molecule has 10 heteroatoms. The monoisotopic (exact) mass is 512 g/mol. The fourth-order valence-electron chi connectivity index (χ4n) is 4.61. The number of nitrogens with one attached hydrogen (secondary N) is 2. The lowest BCUT2D eigenvalue weighted by molar-refractivity contribution is -0.146. The van der Waals surface area contributed by atoms with Crippen molar-refractivity contribution in [1.82, 2.24) is 15.3 Å². The van der Waals surface area contributed by atoms with Crippen LogP contribution in [0.4, 0.5) is 5.95 Å². The number of esters is 2. The maximum Gasteiger partial charge on any atom is 0.328 e. The first kappa shape index (κ1) is 27.9. The summed E-state index contributed by atoms with van der Waals surface area (Å²) in [5.74, 6) is -0.816. The zero-order valence-electron chi connectivity index (χ0n) is 21.5. The number of anilines is 1. The van der Waals surface area contributed by atoms with E-state index in [9.17, 15) is 19.2 Å². The van der Waals surface area contributed by atoms with Crippen molar-refractivity contribution in [3.8, 4) is 0 Å². The normalized spacial score (nSPS) is 15.4. The van der Waals surface area contributed by atoms with Gasteiger partial charge in [0.25, 0.3) is 11.5 Å². The third-order valence-electron chi connectivity index (χ3n) is 6.51. The number of carbonyl (C=O) groups excluding carboxylic acids is 3. The van der Waals surface area contributed by atoms with E-state index in [-0.39, 0.29) is 37.6 Å². The molecule has 0 saturated carbocycles. The average Bonchev–Trinajstić information content (AvgIpc) is 2.87. The molecule has 1 unspecified atom stereocenters. The minimum Gasteiger partial charge on any atom is -0.466 e. The van der Waals surface area contributed by atoms with E-state index in [4.69, 9.17) is 15.2 Å². The number of H-pyrrole nitrogens is 1. The van der Waals surface area contributed by atoms with Gasteiger partial charge in [-0.25, -0.2) is 9.78 Å². The number of nitrogens with zero attached hydrogens (tertiary/aromatic N) is 1. The van der Waals surface area contributed by atoms with Crippen LogP contribution in [-0.4, -0.2) is 47.1 Å². The molecule has 1 heterocycles. The van der Waals surface area contributed by atoms with E-state index in [0.29, 0.717) is 11.5 Å². The molecular formula is C27H36N4O6. The van der Waals surface area contributed by atoms with Gasteiger partial charge < -0.3 is 20.5 Å². The second-order valence-electron chi connectivity index (χ2n) is 9.20. The van der Waals surface area contributed by atoms with Gasteiger partial charge in [-0.15, -0.1) is 0 Å². The van der Waals surface area contributed by atoms with Crippen molar-refractivity contribution in [2.45, 2.75) is 71.3 Å². The molecule has 37 heavy (non-hydrogen) atoms. The number of nitrogen functional groups attached to an aromatic ring is 1. The van der Waals surface area contributed by atoms with Gasteiger partial charge in [0, 0.05) is 17.5 Å². The smallest absolute Gasteiger partial charge is 0.328 e. The SMILES string of the molecule is CCOC(=O)CC[C@H](NC(=O)c1ccc(CCCC2CCc3nc(N)[nH]c(=O)c3C2)cc1)C(=O)OCC. The Morgan fingerprint density at radius 1 is 1.16 bits per heavy atom. The summed E-state index contributed by atoms with van der Waals surface area (Å²) in [6, 6.07) is 6.33. The summed E-state index contributed by atoms with van der Waals surface area (Å²) in [7, 11) is 0. The number of hydrogen-bond acceptors (Lipinski definition) is 8. The highest BCUT2D eigenvalue weighted by Gasteiger charge is 2.24. The minimum atomic E-state index is -0.934. The van der Waals surface area contributed by atoms with Gasteiger partial charge in [-0.05, 0) is 82.4 Å². The van der Waals surface area contributed by atoms with Gasteiger partial charge >= 0.3 is 11.9 Å². The van der Waals surface area contributed by atoms with Crippen molar-refractivity contribution in [2.75, 3.05) is 18.9 Å². The molecule has 2 aromatic rings. The highest BCUT2D eigenvalue weighted by atomic mass is 16.5. The van der Waals surface area contributed by atoms with Crippen molar-refractivity contribution in [3.05, 3.63) is 57.0 Å². The molecule has 4 N–H and O–H groups in total. The van der Waals surface area contributed by atoms with E-state index in [1.54, 1.807) is 26.0 Å². The number of amides is 1. The van der Waals surface area contributed by atoms with Crippen LogP contribution in [0.1, 0.15) is 73.1 Å². The van der Waals surface area contributed by atoms with E-state index >= 15 is 0 Å². The molecule has 1 amide bonds. The molecule has 2 atom stereocenters. The molecule has 0 fully saturated rings. The summed E-state index contributed by atoms with van der Waals surface area (Å²) in [4.78, 5) is 55.7. The molecule has 1 aromatic heterocycles. The molecule has 3 rings (SSSR count). The van der Waals surface area contributed by atoms with E-state index in [1.807, 2.05) is 12.1 Å². The number of rotatable bonds is 12. The van der Waals surface area contributed by atoms with Crippen LogP contribution < -0.4 is 16.6 Å². The maximum atomic E-state index is 12.7. The molecular weight excluding hydrogens is 476 g/mol. The van der Waals surface area contributed by atoms with Crippen LogP contribution in [0.5, 0.6) is 0 Å². The predicted molar refractivity (Wildman–Crippen MR) is 138 cm³/mol. The molecule has 10 nitrogen and oxygen atoms in total. The Kier molecular flexibility index (Phi) is 10.2. The molecule has 200 valence electrons. The Bertz CT molecular complexity index is 1140. The largest absolute Gasteiger partial charge is 0.466 e. The molecule has 1 aliphatic rings. The third kappa shape index (κ3) is 8.16. The maximum absolute atomic E-state index is 12.7. The number of hydrogen-bond donors (Lipinski definition) is 3. The Balaban J connectivity index is 1.50. The van der Waals surface area contributed by atoms with Crippen molar-refractivity contribution < 1.29 is 23.9 Å². The number of fused-ring (bicyclic) bond motifs is 1. The summed E-state index contributed by atoms with van der Waals surface area (Å²) in [6.45, 7) is 3.82. The first-order valence-electron chi connectivity index (χ1n) is 12.9. The van der Waals surface area contributed by atoms with Crippen LogP contribution in [0, 0.1) is 5.92 Å². The van der Waals surface area contributed by atoms with E-state index in [0.717, 1.165) is 55.3 Å². The summed E-state index contributed by atoms with van der Waals surface area (Å²) < 4.78 is 9.95. The Hall–Kier alpha value is -3.69. The number of aryl methyl sites for hydroxylation is 2.